The molecule has 1 N–H and O–H groups in total. The van der Waals surface area contributed by atoms with E-state index in [4.69, 9.17) is 4.98 Å². The number of hydrogen-bond acceptors (Lipinski definition) is 4. The maximum atomic E-state index is 4.90. The van der Waals surface area contributed by atoms with Crippen LogP contribution in [0.15, 0.2) is 6.07 Å². The van der Waals surface area contributed by atoms with Gasteiger partial charge in [-0.05, 0) is 59.0 Å². The van der Waals surface area contributed by atoms with E-state index in [9.17, 15) is 0 Å². The molecular formula is C17H30N4. The summed E-state index contributed by atoms with van der Waals surface area (Å²) in [7, 11) is 2.22. The Balaban J connectivity index is 2.35. The Hall–Kier alpha value is -1.13. The summed E-state index contributed by atoms with van der Waals surface area (Å²) in [4.78, 5) is 9.83. The molecule has 118 valence electrons. The van der Waals surface area contributed by atoms with Gasteiger partial charge >= 0.3 is 0 Å². The third-order valence-corrected chi connectivity index (χ3v) is 4.32. The smallest absolute Gasteiger partial charge is 0.133 e. The summed E-state index contributed by atoms with van der Waals surface area (Å²) < 4.78 is 0. The zero-order chi connectivity index (χ0) is 15.4. The van der Waals surface area contributed by atoms with Crippen LogP contribution >= 0.6 is 0 Å². The normalized spacial score (nSPS) is 20.6. The van der Waals surface area contributed by atoms with Crippen molar-refractivity contribution in [2.45, 2.75) is 46.7 Å². The molecule has 1 aliphatic heterocycles. The summed E-state index contributed by atoms with van der Waals surface area (Å²) >= 11 is 0. The Bertz CT molecular complexity index is 472. The number of hydrogen-bond donors (Lipinski definition) is 1. The lowest BCUT2D eigenvalue weighted by atomic mass is 10.1. The molecule has 1 saturated heterocycles. The van der Waals surface area contributed by atoms with E-state index in [-0.39, 0.29) is 0 Å². The minimum Gasteiger partial charge on any atom is -0.352 e. The first-order valence-corrected chi connectivity index (χ1v) is 8.16. The van der Waals surface area contributed by atoms with Gasteiger partial charge in [-0.2, -0.15) is 0 Å². The molecule has 1 unspecified atom stereocenters. The van der Waals surface area contributed by atoms with E-state index in [0.717, 1.165) is 31.9 Å². The number of anilines is 1. The second-order valence-electron chi connectivity index (χ2n) is 6.32. The van der Waals surface area contributed by atoms with E-state index in [0.29, 0.717) is 6.04 Å². The zero-order valence-corrected chi connectivity index (χ0v) is 14.2. The summed E-state index contributed by atoms with van der Waals surface area (Å²) in [5.41, 5.74) is 3.83. The standard InChI is InChI=1S/C17H30N4/c1-6-18-11-16-13(2)10-14(3)19-17(16)21-9-7-8-20(5)12-15(21)4/h10,15,18H,6-9,11-12H2,1-5H3. The van der Waals surface area contributed by atoms with Gasteiger partial charge in [0.25, 0.3) is 0 Å². The molecule has 1 aromatic heterocycles. The number of aryl methyl sites for hydroxylation is 2. The monoisotopic (exact) mass is 290 g/mol. The highest BCUT2D eigenvalue weighted by molar-refractivity contribution is 5.52. The lowest BCUT2D eigenvalue weighted by Crippen LogP contribution is -2.39. The van der Waals surface area contributed by atoms with Crippen molar-refractivity contribution in [3.05, 3.63) is 22.9 Å². The molecular weight excluding hydrogens is 260 g/mol. The topological polar surface area (TPSA) is 31.4 Å². The molecule has 1 aromatic rings. The van der Waals surface area contributed by atoms with Crippen molar-refractivity contribution in [2.75, 3.05) is 38.1 Å². The van der Waals surface area contributed by atoms with Gasteiger partial charge < -0.3 is 15.1 Å². The van der Waals surface area contributed by atoms with E-state index in [1.165, 1.54) is 29.9 Å². The maximum Gasteiger partial charge on any atom is 0.133 e. The average molecular weight is 290 g/mol. The van der Waals surface area contributed by atoms with Crippen LogP contribution in [0.3, 0.4) is 0 Å². The van der Waals surface area contributed by atoms with Gasteiger partial charge in [0.15, 0.2) is 0 Å². The summed E-state index contributed by atoms with van der Waals surface area (Å²) in [5, 5.41) is 3.47. The third kappa shape index (κ3) is 3.95. The van der Waals surface area contributed by atoms with Crippen LogP contribution in [0.4, 0.5) is 5.82 Å². The Morgan fingerprint density at radius 2 is 2.10 bits per heavy atom. The molecule has 0 bridgehead atoms. The molecule has 0 spiro atoms. The SMILES string of the molecule is CCNCc1c(C)cc(C)nc1N1CCCN(C)CC1C. The Labute approximate surface area is 129 Å². The molecule has 0 saturated carbocycles. The van der Waals surface area contributed by atoms with Crippen LogP contribution in [0, 0.1) is 13.8 Å². The van der Waals surface area contributed by atoms with Crippen molar-refractivity contribution in [1.82, 2.24) is 15.2 Å². The molecule has 21 heavy (non-hydrogen) atoms. The number of pyridine rings is 1. The highest BCUT2D eigenvalue weighted by Gasteiger charge is 2.23. The average Bonchev–Trinajstić information content (AvgIpc) is 2.57. The Kier molecular flexibility index (Phi) is 5.59. The first kappa shape index (κ1) is 16.2. The predicted molar refractivity (Wildman–Crippen MR) is 90.0 cm³/mol. The van der Waals surface area contributed by atoms with Crippen molar-refractivity contribution in [1.29, 1.82) is 0 Å². The van der Waals surface area contributed by atoms with Crippen LogP contribution in [0.2, 0.25) is 0 Å². The van der Waals surface area contributed by atoms with Crippen LogP contribution < -0.4 is 10.2 Å². The second-order valence-corrected chi connectivity index (χ2v) is 6.32. The number of likely N-dealkylation sites (N-methyl/N-ethyl adjacent to an activating group) is 1. The van der Waals surface area contributed by atoms with Crippen LogP contribution in [-0.2, 0) is 6.54 Å². The van der Waals surface area contributed by atoms with Gasteiger partial charge in [0.2, 0.25) is 0 Å². The highest BCUT2D eigenvalue weighted by atomic mass is 15.3. The molecule has 1 fully saturated rings. The predicted octanol–water partition coefficient (Wildman–Crippen LogP) is 2.34. The lowest BCUT2D eigenvalue weighted by molar-refractivity contribution is 0.337. The van der Waals surface area contributed by atoms with Gasteiger partial charge in [0.05, 0.1) is 0 Å². The number of nitrogens with zero attached hydrogens (tertiary/aromatic N) is 3. The molecule has 1 atom stereocenters. The van der Waals surface area contributed by atoms with Gasteiger partial charge in [0.1, 0.15) is 5.82 Å². The van der Waals surface area contributed by atoms with E-state index >= 15 is 0 Å². The molecule has 1 aliphatic rings. The summed E-state index contributed by atoms with van der Waals surface area (Å²) in [6, 6.07) is 2.71. The third-order valence-electron chi connectivity index (χ3n) is 4.32. The van der Waals surface area contributed by atoms with Gasteiger partial charge in [-0.3, -0.25) is 0 Å². The quantitative estimate of drug-likeness (QED) is 0.922. The first-order chi connectivity index (χ1) is 10.0. The fourth-order valence-electron chi connectivity index (χ4n) is 3.24. The Morgan fingerprint density at radius 3 is 2.81 bits per heavy atom. The number of rotatable bonds is 4. The van der Waals surface area contributed by atoms with Crippen molar-refractivity contribution in [3.63, 3.8) is 0 Å². The minimum atomic E-state index is 0.506. The minimum absolute atomic E-state index is 0.506. The van der Waals surface area contributed by atoms with E-state index < -0.39 is 0 Å². The fourth-order valence-corrected chi connectivity index (χ4v) is 3.24. The van der Waals surface area contributed by atoms with Crippen LogP contribution in [0.5, 0.6) is 0 Å². The van der Waals surface area contributed by atoms with Crippen LogP contribution in [0.1, 0.15) is 37.1 Å². The second kappa shape index (κ2) is 7.23. The Morgan fingerprint density at radius 1 is 1.33 bits per heavy atom. The van der Waals surface area contributed by atoms with Crippen LogP contribution in [0.25, 0.3) is 0 Å². The van der Waals surface area contributed by atoms with Gasteiger partial charge in [0, 0.05) is 36.9 Å². The molecule has 4 heteroatoms. The molecule has 2 rings (SSSR count). The molecule has 0 aromatic carbocycles. The number of nitrogens with one attached hydrogen (secondary N) is 1. The number of aromatic nitrogens is 1. The van der Waals surface area contributed by atoms with Gasteiger partial charge in [-0.25, -0.2) is 4.98 Å². The molecule has 0 radical (unpaired) electrons. The maximum absolute atomic E-state index is 4.90. The summed E-state index contributed by atoms with van der Waals surface area (Å²) in [6.45, 7) is 14.1. The largest absolute Gasteiger partial charge is 0.352 e. The van der Waals surface area contributed by atoms with Crippen molar-refractivity contribution in [3.8, 4) is 0 Å². The lowest BCUT2D eigenvalue weighted by Gasteiger charge is -2.31. The van der Waals surface area contributed by atoms with E-state index in [2.05, 4.69) is 55.9 Å². The fraction of sp³-hybridized carbons (Fsp3) is 0.706. The molecule has 2 heterocycles. The zero-order valence-electron chi connectivity index (χ0n) is 14.2. The summed E-state index contributed by atoms with van der Waals surface area (Å²) in [6.07, 6.45) is 1.20. The summed E-state index contributed by atoms with van der Waals surface area (Å²) in [5.74, 6) is 1.19. The van der Waals surface area contributed by atoms with Crippen LogP contribution in [-0.4, -0.2) is 49.2 Å². The molecule has 0 aliphatic carbocycles. The van der Waals surface area contributed by atoms with Gasteiger partial charge in [-0.15, -0.1) is 0 Å². The van der Waals surface area contributed by atoms with Crippen molar-refractivity contribution >= 4 is 5.82 Å². The molecule has 0 amide bonds. The highest BCUT2D eigenvalue weighted by Crippen LogP contribution is 2.26. The van der Waals surface area contributed by atoms with Crippen molar-refractivity contribution in [2.24, 2.45) is 0 Å². The van der Waals surface area contributed by atoms with Crippen molar-refractivity contribution < 1.29 is 0 Å². The first-order valence-electron chi connectivity index (χ1n) is 8.16. The van der Waals surface area contributed by atoms with E-state index in [1.54, 1.807) is 0 Å². The van der Waals surface area contributed by atoms with Gasteiger partial charge in [-0.1, -0.05) is 6.92 Å². The molecule has 4 nitrogen and oxygen atoms in total. The van der Waals surface area contributed by atoms with E-state index in [1.807, 2.05) is 0 Å².